The first-order valence-corrected chi connectivity index (χ1v) is 13.5. The number of hydroxylamine groups is 1. The maximum absolute atomic E-state index is 16.8. The minimum absolute atomic E-state index is 0.254. The second-order valence-corrected chi connectivity index (χ2v) is 11.1. The van der Waals surface area contributed by atoms with Crippen LogP contribution in [0.2, 0.25) is 5.02 Å². The third kappa shape index (κ3) is 4.94. The van der Waals surface area contributed by atoms with Gasteiger partial charge in [-0.2, -0.15) is 0 Å². The van der Waals surface area contributed by atoms with Crippen molar-refractivity contribution < 1.29 is 14.0 Å². The van der Waals surface area contributed by atoms with Gasteiger partial charge in [0.25, 0.3) is 0 Å². The molecule has 1 saturated heterocycles. The second-order valence-electron chi connectivity index (χ2n) is 10.6. The zero-order valence-electron chi connectivity index (χ0n) is 21.7. The number of rotatable bonds is 6. The average molecular weight is 550 g/mol. The molecule has 0 aromatic carbocycles. The molecule has 2 atom stereocenters. The minimum atomic E-state index is -1.98. The van der Waals surface area contributed by atoms with Gasteiger partial charge in [0.1, 0.15) is 0 Å². The molecule has 1 amide bonds. The fourth-order valence-corrected chi connectivity index (χ4v) is 5.72. The van der Waals surface area contributed by atoms with E-state index in [4.69, 9.17) is 26.4 Å². The number of carbonyl (C=O) groups excluding carboxylic acids is 1. The van der Waals surface area contributed by atoms with Gasteiger partial charge in [-0.15, -0.1) is 5.48 Å². The van der Waals surface area contributed by atoms with Crippen LogP contribution in [0.5, 0.6) is 0 Å². The van der Waals surface area contributed by atoms with Gasteiger partial charge in [-0.3, -0.25) is 15.3 Å². The van der Waals surface area contributed by atoms with Crippen LogP contribution in [-0.4, -0.2) is 30.6 Å². The van der Waals surface area contributed by atoms with Gasteiger partial charge in [-0.1, -0.05) is 37.4 Å². The van der Waals surface area contributed by atoms with Crippen molar-refractivity contribution >= 4 is 28.7 Å². The Morgan fingerprint density at radius 2 is 2.00 bits per heavy atom. The molecule has 1 saturated carbocycles. The molecule has 2 aliphatic rings. The number of pyridine rings is 3. The van der Waals surface area contributed by atoms with Crippen molar-refractivity contribution in [3.8, 4) is 11.3 Å². The number of amides is 1. The van der Waals surface area contributed by atoms with Crippen LogP contribution in [-0.2, 0) is 17.1 Å². The van der Waals surface area contributed by atoms with Gasteiger partial charge in [-0.05, 0) is 55.9 Å². The summed E-state index contributed by atoms with van der Waals surface area (Å²) < 4.78 is 18.8. The lowest BCUT2D eigenvalue weighted by Crippen LogP contribution is -2.27. The lowest BCUT2D eigenvalue weighted by molar-refractivity contribution is 0.121. The summed E-state index contributed by atoms with van der Waals surface area (Å²) in [6, 6.07) is 8.72. The van der Waals surface area contributed by atoms with Crippen molar-refractivity contribution in [2.24, 2.45) is 11.8 Å². The van der Waals surface area contributed by atoms with Crippen LogP contribution in [0.25, 0.3) is 22.3 Å². The number of hydrogen-bond acceptors (Lipinski definition) is 7. The van der Waals surface area contributed by atoms with Gasteiger partial charge in [0.05, 0.1) is 33.1 Å². The molecule has 0 radical (unpaired) electrons. The fraction of sp³-hybridized carbons (Fsp3) is 0.393. The fourth-order valence-electron chi connectivity index (χ4n) is 5.55. The topological polar surface area (TPSA) is 107 Å². The molecular formula is C28H29ClFN7O2. The molecule has 9 nitrogen and oxygen atoms in total. The summed E-state index contributed by atoms with van der Waals surface area (Å²) in [7, 11) is 0. The van der Waals surface area contributed by atoms with Gasteiger partial charge >= 0.3 is 6.09 Å². The van der Waals surface area contributed by atoms with E-state index >= 15 is 4.39 Å². The van der Waals surface area contributed by atoms with E-state index in [-0.39, 0.29) is 11.5 Å². The molecule has 1 aliphatic heterocycles. The standard InChI is InChI=1S/C28H29ClFN7O2/c1-16-6-8-17(9-7-16)15-37-24-20(34-26(37)28(2,30)22-5-3-4-10-32-22)12-21(25-35-27(38)39-36-25)33-23(24)18-11-19(29)14-31-13-18/h3-5,10-14,16-17,25,36H,6-9,15H2,1-2H3,(H,35,38). The first kappa shape index (κ1) is 25.6. The number of carbonyl (C=O) groups is 1. The maximum Gasteiger partial charge on any atom is 0.427 e. The molecule has 6 rings (SSSR count). The highest BCUT2D eigenvalue weighted by molar-refractivity contribution is 6.30. The van der Waals surface area contributed by atoms with Crippen molar-refractivity contribution in [3.05, 3.63) is 71.2 Å². The van der Waals surface area contributed by atoms with E-state index in [0.717, 1.165) is 25.7 Å². The second kappa shape index (κ2) is 10.2. The summed E-state index contributed by atoms with van der Waals surface area (Å²) >= 11 is 6.33. The number of imidazole rings is 1. The molecule has 11 heteroatoms. The summed E-state index contributed by atoms with van der Waals surface area (Å²) in [6.07, 6.45) is 7.88. The first-order valence-electron chi connectivity index (χ1n) is 13.2. The lowest BCUT2D eigenvalue weighted by atomic mass is 9.83. The van der Waals surface area contributed by atoms with Gasteiger partial charge < -0.3 is 9.40 Å². The average Bonchev–Trinajstić information content (AvgIpc) is 3.54. The highest BCUT2D eigenvalue weighted by Gasteiger charge is 2.38. The van der Waals surface area contributed by atoms with Crippen LogP contribution in [0.1, 0.15) is 62.9 Å². The van der Waals surface area contributed by atoms with Crippen LogP contribution < -0.4 is 10.8 Å². The lowest BCUT2D eigenvalue weighted by Gasteiger charge is -2.29. The minimum Gasteiger partial charge on any atom is -0.351 e. The largest absolute Gasteiger partial charge is 0.427 e. The number of nitrogens with zero attached hydrogens (tertiary/aromatic N) is 5. The third-order valence-corrected chi connectivity index (χ3v) is 7.90. The van der Waals surface area contributed by atoms with Crippen molar-refractivity contribution in [2.45, 2.75) is 57.9 Å². The van der Waals surface area contributed by atoms with Crippen LogP contribution >= 0.6 is 11.6 Å². The molecule has 1 aliphatic carbocycles. The molecule has 4 aromatic rings. The van der Waals surface area contributed by atoms with E-state index in [9.17, 15) is 4.79 Å². The Hall–Kier alpha value is -3.63. The van der Waals surface area contributed by atoms with Gasteiger partial charge in [0.2, 0.25) is 5.67 Å². The van der Waals surface area contributed by atoms with E-state index < -0.39 is 17.9 Å². The Bertz CT molecular complexity index is 1520. The van der Waals surface area contributed by atoms with Crippen LogP contribution in [0, 0.1) is 11.8 Å². The van der Waals surface area contributed by atoms with Crippen LogP contribution in [0.3, 0.4) is 0 Å². The van der Waals surface area contributed by atoms with Crippen molar-refractivity contribution in [3.63, 3.8) is 0 Å². The number of fused-ring (bicyclic) bond motifs is 1. The maximum atomic E-state index is 16.8. The Kier molecular flexibility index (Phi) is 6.68. The quantitative estimate of drug-likeness (QED) is 0.311. The molecule has 4 aromatic heterocycles. The molecular weight excluding hydrogens is 521 g/mol. The van der Waals surface area contributed by atoms with Crippen molar-refractivity contribution in [2.75, 3.05) is 0 Å². The SMILES string of the molecule is CC1CCC(Cn2c(C(C)(F)c3ccccn3)nc3cc(C4NOC(=O)N4)nc(-c4cncc(Cl)c4)c32)CC1. The predicted molar refractivity (Wildman–Crippen MR) is 144 cm³/mol. The number of alkyl halides is 1. The Morgan fingerprint density at radius 1 is 1.18 bits per heavy atom. The molecule has 202 valence electrons. The molecule has 39 heavy (non-hydrogen) atoms. The summed E-state index contributed by atoms with van der Waals surface area (Å²) in [6.45, 7) is 4.37. The molecule has 5 heterocycles. The van der Waals surface area contributed by atoms with E-state index in [1.165, 1.54) is 6.92 Å². The van der Waals surface area contributed by atoms with E-state index in [0.29, 0.717) is 51.4 Å². The zero-order valence-corrected chi connectivity index (χ0v) is 22.5. The van der Waals surface area contributed by atoms with Crippen molar-refractivity contribution in [1.29, 1.82) is 0 Å². The van der Waals surface area contributed by atoms with Crippen LogP contribution in [0.4, 0.5) is 9.18 Å². The van der Waals surface area contributed by atoms with Gasteiger partial charge in [0.15, 0.2) is 12.0 Å². The predicted octanol–water partition coefficient (Wildman–Crippen LogP) is 5.84. The van der Waals surface area contributed by atoms with E-state index in [2.05, 4.69) is 27.7 Å². The number of halogens is 2. The smallest absolute Gasteiger partial charge is 0.351 e. The number of nitrogens with one attached hydrogen (secondary N) is 2. The molecule has 2 N–H and O–H groups in total. The Morgan fingerprint density at radius 3 is 2.69 bits per heavy atom. The van der Waals surface area contributed by atoms with Crippen molar-refractivity contribution in [1.82, 2.24) is 35.3 Å². The van der Waals surface area contributed by atoms with Gasteiger partial charge in [-0.25, -0.2) is 19.2 Å². The van der Waals surface area contributed by atoms with Crippen LogP contribution in [0.15, 0.2) is 48.9 Å². The zero-order chi connectivity index (χ0) is 27.1. The summed E-state index contributed by atoms with van der Waals surface area (Å²) in [4.78, 5) is 35.0. The van der Waals surface area contributed by atoms with Gasteiger partial charge in [0, 0.05) is 30.7 Å². The summed E-state index contributed by atoms with van der Waals surface area (Å²) in [5.74, 6) is 1.31. The summed E-state index contributed by atoms with van der Waals surface area (Å²) in [5, 5.41) is 3.12. The molecule has 0 spiro atoms. The highest BCUT2D eigenvalue weighted by atomic mass is 35.5. The van der Waals surface area contributed by atoms with E-state index in [1.807, 2.05) is 4.57 Å². The summed E-state index contributed by atoms with van der Waals surface area (Å²) in [5.41, 5.74) is 3.82. The monoisotopic (exact) mass is 549 g/mol. The first-order chi connectivity index (χ1) is 18.8. The molecule has 0 bridgehead atoms. The Labute approximate surface area is 230 Å². The molecule has 2 fully saturated rings. The molecule has 2 unspecified atom stereocenters. The Balaban J connectivity index is 1.59. The van der Waals surface area contributed by atoms with E-state index in [1.54, 1.807) is 48.9 Å². The number of hydrogen-bond donors (Lipinski definition) is 2. The normalized spacial score (nSPS) is 22.9. The highest BCUT2D eigenvalue weighted by Crippen LogP contribution is 2.39. The third-order valence-electron chi connectivity index (χ3n) is 7.69. The number of aromatic nitrogens is 5.